The molecule has 0 radical (unpaired) electrons. The quantitative estimate of drug-likeness (QED) is 0.852. The van der Waals surface area contributed by atoms with E-state index < -0.39 is 6.10 Å². The van der Waals surface area contributed by atoms with E-state index in [0.29, 0.717) is 23.9 Å². The van der Waals surface area contributed by atoms with E-state index in [0.717, 1.165) is 17.2 Å². The van der Waals surface area contributed by atoms with E-state index in [2.05, 4.69) is 10.1 Å². The van der Waals surface area contributed by atoms with Gasteiger partial charge >= 0.3 is 0 Å². The van der Waals surface area contributed by atoms with Crippen molar-refractivity contribution in [3.8, 4) is 5.75 Å². The zero-order chi connectivity index (χ0) is 17.4. The lowest BCUT2D eigenvalue weighted by Crippen LogP contribution is -2.54. The van der Waals surface area contributed by atoms with Gasteiger partial charge in [-0.2, -0.15) is 5.10 Å². The van der Waals surface area contributed by atoms with Crippen molar-refractivity contribution in [3.05, 3.63) is 40.4 Å². The van der Waals surface area contributed by atoms with Crippen molar-refractivity contribution in [2.45, 2.75) is 39.8 Å². The molecule has 1 aromatic heterocycles. The van der Waals surface area contributed by atoms with Crippen molar-refractivity contribution in [2.24, 2.45) is 0 Å². The van der Waals surface area contributed by atoms with E-state index in [9.17, 15) is 4.79 Å². The number of aryl methyl sites for hydroxylation is 3. The lowest BCUT2D eigenvalue weighted by atomic mass is 10.1. The molecule has 1 atom stereocenters. The highest BCUT2D eigenvalue weighted by molar-refractivity contribution is 6.32. The molecule has 1 amide bonds. The first kappa shape index (κ1) is 16.8. The Hall–Kier alpha value is -2.08. The van der Waals surface area contributed by atoms with Crippen LogP contribution in [0.15, 0.2) is 18.2 Å². The van der Waals surface area contributed by atoms with Gasteiger partial charge < -0.3 is 9.64 Å². The number of halogens is 1. The van der Waals surface area contributed by atoms with Crippen molar-refractivity contribution in [2.75, 3.05) is 13.1 Å². The molecule has 0 aliphatic carbocycles. The van der Waals surface area contributed by atoms with Gasteiger partial charge in [-0.1, -0.05) is 17.7 Å². The van der Waals surface area contributed by atoms with E-state index in [4.69, 9.17) is 16.3 Å². The maximum Gasteiger partial charge on any atom is 0.263 e. The first-order valence-electron chi connectivity index (χ1n) is 7.96. The summed E-state index contributed by atoms with van der Waals surface area (Å²) in [6.07, 6.45) is -0.580. The van der Waals surface area contributed by atoms with E-state index >= 15 is 0 Å². The van der Waals surface area contributed by atoms with Crippen LogP contribution in [0.3, 0.4) is 0 Å². The number of carbonyl (C=O) groups is 1. The predicted octanol–water partition coefficient (Wildman–Crippen LogP) is 2.71. The number of hydrogen-bond donors (Lipinski definition) is 0. The Morgan fingerprint density at radius 2 is 2.04 bits per heavy atom. The van der Waals surface area contributed by atoms with E-state index in [-0.39, 0.29) is 11.9 Å². The summed E-state index contributed by atoms with van der Waals surface area (Å²) in [7, 11) is 0. The summed E-state index contributed by atoms with van der Waals surface area (Å²) in [5.74, 6) is 2.12. The van der Waals surface area contributed by atoms with Gasteiger partial charge in [0.25, 0.3) is 5.91 Å². The molecule has 1 fully saturated rings. The number of hydrogen-bond acceptors (Lipinski definition) is 4. The van der Waals surface area contributed by atoms with Gasteiger partial charge in [-0.3, -0.25) is 4.79 Å². The van der Waals surface area contributed by atoms with Gasteiger partial charge in [0, 0.05) is 13.1 Å². The predicted molar refractivity (Wildman–Crippen MR) is 91.4 cm³/mol. The minimum absolute atomic E-state index is 0.0432. The second kappa shape index (κ2) is 6.43. The zero-order valence-electron chi connectivity index (χ0n) is 14.3. The van der Waals surface area contributed by atoms with Crippen LogP contribution in [-0.2, 0) is 4.79 Å². The van der Waals surface area contributed by atoms with Crippen molar-refractivity contribution >= 4 is 17.5 Å². The van der Waals surface area contributed by atoms with Crippen LogP contribution < -0.4 is 4.74 Å². The highest BCUT2D eigenvalue weighted by Crippen LogP contribution is 2.28. The Labute approximate surface area is 146 Å². The Morgan fingerprint density at radius 1 is 1.33 bits per heavy atom. The summed E-state index contributed by atoms with van der Waals surface area (Å²) < 4.78 is 7.65. The van der Waals surface area contributed by atoms with Crippen molar-refractivity contribution in [1.29, 1.82) is 0 Å². The lowest BCUT2D eigenvalue weighted by Gasteiger charge is -2.40. The summed E-state index contributed by atoms with van der Waals surface area (Å²) in [6, 6.07) is 5.71. The molecule has 7 heteroatoms. The normalized spacial score (nSPS) is 16.0. The van der Waals surface area contributed by atoms with E-state index in [1.807, 2.05) is 37.6 Å². The number of amides is 1. The lowest BCUT2D eigenvalue weighted by molar-refractivity contribution is -0.144. The number of benzene rings is 1. The maximum absolute atomic E-state index is 12.5. The summed E-state index contributed by atoms with van der Waals surface area (Å²) in [4.78, 5) is 18.6. The number of rotatable bonds is 4. The third-order valence-corrected chi connectivity index (χ3v) is 4.48. The molecule has 1 aliphatic heterocycles. The molecule has 0 N–H and O–H groups in total. The molecule has 24 heavy (non-hydrogen) atoms. The van der Waals surface area contributed by atoms with E-state index in [1.54, 1.807) is 17.9 Å². The molecule has 6 nitrogen and oxygen atoms in total. The number of likely N-dealkylation sites (tertiary alicyclic amines) is 1. The Morgan fingerprint density at radius 3 is 2.67 bits per heavy atom. The monoisotopic (exact) mass is 348 g/mol. The average molecular weight is 349 g/mol. The molecule has 0 saturated carbocycles. The summed E-state index contributed by atoms with van der Waals surface area (Å²) in [5.41, 5.74) is 1.04. The molecule has 1 aliphatic rings. The SMILES string of the molecule is Cc1ccc(Cl)c(OC(C)C(=O)N2CC(n3nc(C)nc3C)C2)c1. The topological polar surface area (TPSA) is 60.2 Å². The standard InChI is InChI=1S/C17H21ClN4O2/c1-10-5-6-15(18)16(7-10)24-11(2)17(23)21-8-14(9-21)22-13(4)19-12(3)20-22/h5-7,11,14H,8-9H2,1-4H3. The minimum Gasteiger partial charge on any atom is -0.479 e. The second-order valence-corrected chi connectivity index (χ2v) is 6.65. The van der Waals surface area contributed by atoms with Crippen LogP contribution in [0.2, 0.25) is 5.02 Å². The number of ether oxygens (including phenoxy) is 1. The molecular weight excluding hydrogens is 328 g/mol. The fourth-order valence-electron chi connectivity index (χ4n) is 2.87. The van der Waals surface area contributed by atoms with Crippen LogP contribution in [0.4, 0.5) is 0 Å². The molecule has 1 aromatic carbocycles. The van der Waals surface area contributed by atoms with Gasteiger partial charge in [0.05, 0.1) is 11.1 Å². The van der Waals surface area contributed by atoms with Crippen LogP contribution in [0.1, 0.15) is 30.2 Å². The highest BCUT2D eigenvalue weighted by atomic mass is 35.5. The van der Waals surface area contributed by atoms with Crippen LogP contribution >= 0.6 is 11.6 Å². The van der Waals surface area contributed by atoms with Crippen molar-refractivity contribution < 1.29 is 9.53 Å². The fourth-order valence-corrected chi connectivity index (χ4v) is 3.03. The molecule has 1 unspecified atom stereocenters. The molecule has 1 saturated heterocycles. The molecule has 2 aromatic rings. The molecule has 0 bridgehead atoms. The van der Waals surface area contributed by atoms with Gasteiger partial charge in [-0.05, 0) is 45.4 Å². The molecule has 128 valence electrons. The van der Waals surface area contributed by atoms with Crippen molar-refractivity contribution in [1.82, 2.24) is 19.7 Å². The number of nitrogens with zero attached hydrogens (tertiary/aromatic N) is 4. The summed E-state index contributed by atoms with van der Waals surface area (Å²) in [6.45, 7) is 8.75. The Kier molecular flexibility index (Phi) is 4.49. The second-order valence-electron chi connectivity index (χ2n) is 6.24. The van der Waals surface area contributed by atoms with Crippen LogP contribution in [0.25, 0.3) is 0 Å². The maximum atomic E-state index is 12.5. The van der Waals surface area contributed by atoms with Crippen LogP contribution in [0.5, 0.6) is 5.75 Å². The fraction of sp³-hybridized carbons (Fsp3) is 0.471. The van der Waals surface area contributed by atoms with Crippen LogP contribution in [0, 0.1) is 20.8 Å². The van der Waals surface area contributed by atoms with Gasteiger partial charge in [-0.25, -0.2) is 9.67 Å². The molecule has 0 spiro atoms. The molecular formula is C17H21ClN4O2. The largest absolute Gasteiger partial charge is 0.479 e. The molecule has 3 rings (SSSR count). The van der Waals surface area contributed by atoms with Gasteiger partial charge in [0.2, 0.25) is 0 Å². The van der Waals surface area contributed by atoms with Crippen molar-refractivity contribution in [3.63, 3.8) is 0 Å². The van der Waals surface area contributed by atoms with Gasteiger partial charge in [-0.15, -0.1) is 0 Å². The summed E-state index contributed by atoms with van der Waals surface area (Å²) >= 11 is 6.13. The van der Waals surface area contributed by atoms with Gasteiger partial charge in [0.1, 0.15) is 17.4 Å². The minimum atomic E-state index is -0.580. The first-order valence-corrected chi connectivity index (χ1v) is 8.34. The Balaban J connectivity index is 1.60. The first-order chi connectivity index (χ1) is 11.3. The zero-order valence-corrected chi connectivity index (χ0v) is 15.0. The number of carbonyl (C=O) groups excluding carboxylic acids is 1. The molecule has 2 heterocycles. The van der Waals surface area contributed by atoms with Gasteiger partial charge in [0.15, 0.2) is 6.10 Å². The average Bonchev–Trinajstić information content (AvgIpc) is 2.80. The highest BCUT2D eigenvalue weighted by Gasteiger charge is 2.36. The van der Waals surface area contributed by atoms with E-state index in [1.165, 1.54) is 0 Å². The smallest absolute Gasteiger partial charge is 0.263 e. The third-order valence-electron chi connectivity index (χ3n) is 4.17. The summed E-state index contributed by atoms with van der Waals surface area (Å²) in [5, 5.41) is 4.89. The Bertz CT molecular complexity index is 768. The van der Waals surface area contributed by atoms with Crippen LogP contribution in [-0.4, -0.2) is 44.8 Å². The number of aromatic nitrogens is 3. The third kappa shape index (κ3) is 3.24.